The van der Waals surface area contributed by atoms with Crippen molar-refractivity contribution in [2.75, 3.05) is 5.32 Å². The summed E-state index contributed by atoms with van der Waals surface area (Å²) in [5, 5.41) is 16.5. The quantitative estimate of drug-likeness (QED) is 0.812. The van der Waals surface area contributed by atoms with Crippen molar-refractivity contribution < 1.29 is 5.11 Å². The van der Waals surface area contributed by atoms with Crippen LogP contribution in [-0.2, 0) is 13.1 Å². The molecule has 5 nitrogen and oxygen atoms in total. The minimum atomic E-state index is -0.141. The molecule has 0 unspecified atom stereocenters. The number of aromatic nitrogens is 2. The van der Waals surface area contributed by atoms with Crippen LogP contribution in [0.4, 0.5) is 5.95 Å². The zero-order valence-electron chi connectivity index (χ0n) is 13.1. The molecule has 0 saturated heterocycles. The Morgan fingerprint density at radius 2 is 1.78 bits per heavy atom. The lowest BCUT2D eigenvalue weighted by atomic mass is 9.93. The van der Waals surface area contributed by atoms with Crippen molar-refractivity contribution in [2.24, 2.45) is 0 Å². The summed E-state index contributed by atoms with van der Waals surface area (Å²) in [6, 6.07) is 10.7. The first-order valence-corrected chi connectivity index (χ1v) is 8.40. The van der Waals surface area contributed by atoms with Crippen molar-refractivity contribution in [3.8, 4) is 11.3 Å². The van der Waals surface area contributed by atoms with E-state index in [0.717, 1.165) is 55.7 Å². The Labute approximate surface area is 136 Å². The fourth-order valence-corrected chi connectivity index (χ4v) is 3.47. The van der Waals surface area contributed by atoms with E-state index in [1.54, 1.807) is 0 Å². The predicted octanol–water partition coefficient (Wildman–Crippen LogP) is 2.46. The third-order valence-electron chi connectivity index (χ3n) is 4.76. The number of nitrogens with zero attached hydrogens (tertiary/aromatic N) is 2. The summed E-state index contributed by atoms with van der Waals surface area (Å²) in [6.45, 7) is 1.63. The first-order valence-electron chi connectivity index (χ1n) is 8.40. The normalized spacial score (nSPS) is 23.5. The maximum absolute atomic E-state index is 9.65. The van der Waals surface area contributed by atoms with E-state index in [0.29, 0.717) is 12.0 Å². The van der Waals surface area contributed by atoms with Crippen LogP contribution in [0.1, 0.15) is 36.9 Å². The third kappa shape index (κ3) is 3.07. The summed E-state index contributed by atoms with van der Waals surface area (Å²) in [7, 11) is 0. The van der Waals surface area contributed by atoms with Crippen molar-refractivity contribution >= 4 is 5.95 Å². The number of rotatable bonds is 3. The number of aliphatic hydroxyl groups is 1. The summed E-state index contributed by atoms with van der Waals surface area (Å²) in [6.07, 6.45) is 3.52. The van der Waals surface area contributed by atoms with E-state index < -0.39 is 0 Å². The molecule has 0 radical (unpaired) electrons. The first-order chi connectivity index (χ1) is 11.3. The molecule has 2 heterocycles. The zero-order chi connectivity index (χ0) is 15.6. The highest BCUT2D eigenvalue weighted by atomic mass is 16.3. The molecule has 0 atom stereocenters. The highest BCUT2D eigenvalue weighted by Gasteiger charge is 2.23. The van der Waals surface area contributed by atoms with Gasteiger partial charge in [-0.1, -0.05) is 30.3 Å². The largest absolute Gasteiger partial charge is 0.393 e. The van der Waals surface area contributed by atoms with E-state index in [-0.39, 0.29) is 6.10 Å². The number of benzene rings is 1. The molecule has 3 N–H and O–H groups in total. The van der Waals surface area contributed by atoms with Gasteiger partial charge in [-0.3, -0.25) is 0 Å². The molecule has 0 spiro atoms. The maximum atomic E-state index is 9.65. The van der Waals surface area contributed by atoms with Crippen LogP contribution in [0.2, 0.25) is 0 Å². The van der Waals surface area contributed by atoms with Crippen LogP contribution in [0, 0.1) is 0 Å². The molecule has 4 rings (SSSR count). The Balaban J connectivity index is 1.63. The molecule has 0 bridgehead atoms. The summed E-state index contributed by atoms with van der Waals surface area (Å²) in [5.41, 5.74) is 4.47. The highest BCUT2D eigenvalue weighted by molar-refractivity contribution is 5.66. The third-order valence-corrected chi connectivity index (χ3v) is 4.76. The second-order valence-corrected chi connectivity index (χ2v) is 6.44. The molecular formula is C18H22N4O. The highest BCUT2D eigenvalue weighted by Crippen LogP contribution is 2.29. The van der Waals surface area contributed by atoms with Gasteiger partial charge in [0.1, 0.15) is 0 Å². The van der Waals surface area contributed by atoms with Crippen molar-refractivity contribution in [1.29, 1.82) is 0 Å². The van der Waals surface area contributed by atoms with Gasteiger partial charge < -0.3 is 15.7 Å². The van der Waals surface area contributed by atoms with Gasteiger partial charge in [-0.25, -0.2) is 9.97 Å². The van der Waals surface area contributed by atoms with Crippen molar-refractivity contribution in [3.05, 3.63) is 41.6 Å². The van der Waals surface area contributed by atoms with Crippen LogP contribution < -0.4 is 10.6 Å². The SMILES string of the molecule is OC1CCC(Nc2nc3c(c(-c4ccccc4)n2)CNC3)CC1. The van der Waals surface area contributed by atoms with E-state index in [4.69, 9.17) is 9.97 Å². The molecule has 120 valence electrons. The molecule has 1 saturated carbocycles. The van der Waals surface area contributed by atoms with Crippen LogP contribution in [0.15, 0.2) is 30.3 Å². The van der Waals surface area contributed by atoms with Gasteiger partial charge in [0.25, 0.3) is 0 Å². The van der Waals surface area contributed by atoms with Gasteiger partial charge in [-0.2, -0.15) is 0 Å². The lowest BCUT2D eigenvalue weighted by Crippen LogP contribution is -2.29. The van der Waals surface area contributed by atoms with E-state index in [9.17, 15) is 5.11 Å². The molecule has 1 aromatic carbocycles. The molecule has 0 amide bonds. The van der Waals surface area contributed by atoms with Gasteiger partial charge in [0, 0.05) is 30.3 Å². The van der Waals surface area contributed by atoms with Crippen molar-refractivity contribution in [1.82, 2.24) is 15.3 Å². The Morgan fingerprint density at radius 3 is 2.57 bits per heavy atom. The fourth-order valence-electron chi connectivity index (χ4n) is 3.47. The molecule has 1 fully saturated rings. The minimum absolute atomic E-state index is 0.141. The number of anilines is 1. The fraction of sp³-hybridized carbons (Fsp3) is 0.444. The van der Waals surface area contributed by atoms with Crippen LogP contribution >= 0.6 is 0 Å². The Morgan fingerprint density at radius 1 is 1.00 bits per heavy atom. The topological polar surface area (TPSA) is 70.1 Å². The van der Waals surface area contributed by atoms with Crippen LogP contribution in [-0.4, -0.2) is 27.2 Å². The Kier molecular flexibility index (Phi) is 3.97. The summed E-state index contributed by atoms with van der Waals surface area (Å²) < 4.78 is 0. The second kappa shape index (κ2) is 6.26. The molecule has 23 heavy (non-hydrogen) atoms. The van der Waals surface area contributed by atoms with Gasteiger partial charge in [0.05, 0.1) is 17.5 Å². The lowest BCUT2D eigenvalue weighted by Gasteiger charge is -2.26. The lowest BCUT2D eigenvalue weighted by molar-refractivity contribution is 0.126. The smallest absolute Gasteiger partial charge is 0.223 e. The minimum Gasteiger partial charge on any atom is -0.393 e. The van der Waals surface area contributed by atoms with Crippen LogP contribution in [0.25, 0.3) is 11.3 Å². The average Bonchev–Trinajstić information content (AvgIpc) is 3.05. The maximum Gasteiger partial charge on any atom is 0.223 e. The van der Waals surface area contributed by atoms with Crippen LogP contribution in [0.3, 0.4) is 0 Å². The number of aliphatic hydroxyl groups excluding tert-OH is 1. The van der Waals surface area contributed by atoms with E-state index in [1.165, 1.54) is 5.56 Å². The first kappa shape index (κ1) is 14.6. The van der Waals surface area contributed by atoms with E-state index in [2.05, 4.69) is 22.8 Å². The summed E-state index contributed by atoms with van der Waals surface area (Å²) in [4.78, 5) is 9.51. The van der Waals surface area contributed by atoms with E-state index in [1.807, 2.05) is 18.2 Å². The molecule has 1 aromatic heterocycles. The van der Waals surface area contributed by atoms with Crippen LogP contribution in [0.5, 0.6) is 0 Å². The molecule has 2 aliphatic rings. The number of fused-ring (bicyclic) bond motifs is 1. The Hall–Kier alpha value is -1.98. The average molecular weight is 310 g/mol. The van der Waals surface area contributed by atoms with Gasteiger partial charge in [-0.15, -0.1) is 0 Å². The monoisotopic (exact) mass is 310 g/mol. The second-order valence-electron chi connectivity index (χ2n) is 6.44. The standard InChI is InChI=1S/C18H22N4O/c23-14-8-6-13(7-9-14)20-18-21-16-11-19-10-15(16)17(22-18)12-4-2-1-3-5-12/h1-5,13-14,19,23H,6-11H2,(H,20,21,22). The van der Waals surface area contributed by atoms with Gasteiger partial charge in [-0.05, 0) is 25.7 Å². The van der Waals surface area contributed by atoms with E-state index >= 15 is 0 Å². The number of nitrogens with one attached hydrogen (secondary N) is 2. The molecule has 2 aromatic rings. The zero-order valence-corrected chi connectivity index (χ0v) is 13.1. The Bertz CT molecular complexity index is 681. The molecule has 1 aliphatic carbocycles. The number of hydrogen-bond acceptors (Lipinski definition) is 5. The number of hydrogen-bond donors (Lipinski definition) is 3. The van der Waals surface area contributed by atoms with Gasteiger partial charge >= 0.3 is 0 Å². The molecule has 5 heteroatoms. The van der Waals surface area contributed by atoms with Gasteiger partial charge in [0.2, 0.25) is 5.95 Å². The molecular weight excluding hydrogens is 288 g/mol. The predicted molar refractivity (Wildman–Crippen MR) is 89.9 cm³/mol. The summed E-state index contributed by atoms with van der Waals surface area (Å²) >= 11 is 0. The van der Waals surface area contributed by atoms with Crippen molar-refractivity contribution in [3.63, 3.8) is 0 Å². The van der Waals surface area contributed by atoms with Crippen molar-refractivity contribution in [2.45, 2.75) is 50.9 Å². The molecule has 1 aliphatic heterocycles. The summed E-state index contributed by atoms with van der Waals surface area (Å²) in [5.74, 6) is 0.715. The van der Waals surface area contributed by atoms with Gasteiger partial charge in [0.15, 0.2) is 0 Å².